The monoisotopic (exact) mass is 224 g/mol. The molecule has 0 aliphatic carbocycles. The number of nitrogens with two attached hydrogens (primary N) is 1. The number of rotatable bonds is 4. The standard InChI is InChI=1S/C14H28N2/c1-4-10(2)7-14(15)11-8-12-5-6-13(9-11)16(12)3/h10-14H,4-9,15H2,1-3H3. The van der Waals surface area contributed by atoms with Gasteiger partial charge in [-0.15, -0.1) is 0 Å². The molecule has 2 nitrogen and oxygen atoms in total. The van der Waals surface area contributed by atoms with E-state index in [2.05, 4.69) is 25.8 Å². The molecule has 0 spiro atoms. The van der Waals surface area contributed by atoms with Crippen LogP contribution < -0.4 is 5.73 Å². The lowest BCUT2D eigenvalue weighted by Crippen LogP contribution is -2.45. The first-order valence-corrected chi connectivity index (χ1v) is 7.09. The molecule has 2 heteroatoms. The summed E-state index contributed by atoms with van der Waals surface area (Å²) < 4.78 is 0. The van der Waals surface area contributed by atoms with E-state index in [9.17, 15) is 0 Å². The van der Waals surface area contributed by atoms with Gasteiger partial charge in [0, 0.05) is 18.1 Å². The highest BCUT2D eigenvalue weighted by atomic mass is 15.2. The molecular weight excluding hydrogens is 196 g/mol. The van der Waals surface area contributed by atoms with Crippen molar-refractivity contribution in [2.45, 2.75) is 70.5 Å². The maximum atomic E-state index is 6.40. The van der Waals surface area contributed by atoms with Gasteiger partial charge < -0.3 is 10.6 Å². The molecule has 2 fully saturated rings. The highest BCUT2D eigenvalue weighted by Gasteiger charge is 2.40. The van der Waals surface area contributed by atoms with Crippen LogP contribution in [0.25, 0.3) is 0 Å². The van der Waals surface area contributed by atoms with Crippen molar-refractivity contribution in [3.8, 4) is 0 Å². The van der Waals surface area contributed by atoms with E-state index >= 15 is 0 Å². The molecule has 16 heavy (non-hydrogen) atoms. The molecule has 0 aromatic carbocycles. The Bertz CT molecular complexity index is 215. The lowest BCUT2D eigenvalue weighted by molar-refractivity contribution is 0.115. The molecule has 2 saturated heterocycles. The maximum absolute atomic E-state index is 6.40. The summed E-state index contributed by atoms with van der Waals surface area (Å²) in [6.45, 7) is 4.61. The molecule has 0 saturated carbocycles. The molecule has 2 rings (SSSR count). The van der Waals surface area contributed by atoms with Gasteiger partial charge in [-0.05, 0) is 51.0 Å². The van der Waals surface area contributed by atoms with Crippen LogP contribution >= 0.6 is 0 Å². The number of hydrogen-bond acceptors (Lipinski definition) is 2. The SMILES string of the molecule is CCC(C)CC(N)C1CC2CCC(C1)N2C. The highest BCUT2D eigenvalue weighted by Crippen LogP contribution is 2.39. The van der Waals surface area contributed by atoms with Crippen molar-refractivity contribution in [3.63, 3.8) is 0 Å². The van der Waals surface area contributed by atoms with E-state index in [1.165, 1.54) is 38.5 Å². The molecule has 0 aromatic rings. The molecule has 2 aliphatic rings. The minimum atomic E-state index is 0.451. The van der Waals surface area contributed by atoms with E-state index in [0.29, 0.717) is 6.04 Å². The van der Waals surface area contributed by atoms with Gasteiger partial charge in [-0.1, -0.05) is 20.3 Å². The summed E-state index contributed by atoms with van der Waals surface area (Å²) in [4.78, 5) is 2.60. The fourth-order valence-corrected chi connectivity index (χ4v) is 3.63. The summed E-state index contributed by atoms with van der Waals surface area (Å²) >= 11 is 0. The van der Waals surface area contributed by atoms with Crippen molar-refractivity contribution >= 4 is 0 Å². The number of fused-ring (bicyclic) bond motifs is 2. The van der Waals surface area contributed by atoms with Gasteiger partial charge in [0.25, 0.3) is 0 Å². The summed E-state index contributed by atoms with van der Waals surface area (Å²) in [5, 5.41) is 0. The van der Waals surface area contributed by atoms with Crippen molar-refractivity contribution < 1.29 is 0 Å². The first-order chi connectivity index (χ1) is 7.61. The zero-order valence-corrected chi connectivity index (χ0v) is 11.2. The largest absolute Gasteiger partial charge is 0.327 e. The Morgan fingerprint density at radius 3 is 2.31 bits per heavy atom. The Balaban J connectivity index is 1.87. The van der Waals surface area contributed by atoms with Gasteiger partial charge in [0.15, 0.2) is 0 Å². The second-order valence-electron chi connectivity index (χ2n) is 6.19. The van der Waals surface area contributed by atoms with Crippen molar-refractivity contribution in [1.82, 2.24) is 4.90 Å². The van der Waals surface area contributed by atoms with E-state index in [1.54, 1.807) is 0 Å². The summed E-state index contributed by atoms with van der Waals surface area (Å²) in [6, 6.07) is 2.13. The molecule has 94 valence electrons. The third-order valence-corrected chi connectivity index (χ3v) is 5.11. The Labute approximate surface area is 101 Å². The highest BCUT2D eigenvalue weighted by molar-refractivity contribution is 4.96. The first-order valence-electron chi connectivity index (χ1n) is 7.09. The summed E-state index contributed by atoms with van der Waals surface area (Å²) in [5.41, 5.74) is 6.40. The Morgan fingerprint density at radius 1 is 1.25 bits per heavy atom. The average Bonchev–Trinajstić information content (AvgIpc) is 2.53. The molecule has 2 aliphatic heterocycles. The second-order valence-corrected chi connectivity index (χ2v) is 6.19. The predicted molar refractivity (Wildman–Crippen MR) is 69.3 cm³/mol. The topological polar surface area (TPSA) is 29.3 Å². The van der Waals surface area contributed by atoms with E-state index in [4.69, 9.17) is 5.73 Å². The smallest absolute Gasteiger partial charge is 0.00989 e. The fraction of sp³-hybridized carbons (Fsp3) is 1.00. The molecule has 0 amide bonds. The lowest BCUT2D eigenvalue weighted by atomic mass is 9.81. The van der Waals surface area contributed by atoms with Gasteiger partial charge in [0.1, 0.15) is 0 Å². The maximum Gasteiger partial charge on any atom is 0.00989 e. The van der Waals surface area contributed by atoms with Crippen LogP contribution in [0.2, 0.25) is 0 Å². The Hall–Kier alpha value is -0.0800. The van der Waals surface area contributed by atoms with Crippen LogP contribution in [0.4, 0.5) is 0 Å². The van der Waals surface area contributed by atoms with Gasteiger partial charge in [0.2, 0.25) is 0 Å². The van der Waals surface area contributed by atoms with Crippen LogP contribution in [0.15, 0.2) is 0 Å². The molecular formula is C14H28N2. The van der Waals surface area contributed by atoms with Gasteiger partial charge in [-0.3, -0.25) is 0 Å². The minimum absolute atomic E-state index is 0.451. The van der Waals surface area contributed by atoms with Crippen molar-refractivity contribution in [2.24, 2.45) is 17.6 Å². The van der Waals surface area contributed by atoms with Crippen LogP contribution in [0.3, 0.4) is 0 Å². The van der Waals surface area contributed by atoms with Crippen LogP contribution in [-0.2, 0) is 0 Å². The van der Waals surface area contributed by atoms with Crippen molar-refractivity contribution in [1.29, 1.82) is 0 Å². The average molecular weight is 224 g/mol. The van der Waals surface area contributed by atoms with Crippen molar-refractivity contribution in [2.75, 3.05) is 7.05 Å². The molecule has 4 unspecified atom stereocenters. The third-order valence-electron chi connectivity index (χ3n) is 5.11. The molecule has 4 atom stereocenters. The summed E-state index contributed by atoms with van der Waals surface area (Å²) in [6.07, 6.45) is 8.02. The third kappa shape index (κ3) is 2.43. The number of piperidine rings is 1. The zero-order chi connectivity index (χ0) is 11.7. The Kier molecular flexibility index (Phi) is 3.91. The van der Waals surface area contributed by atoms with Gasteiger partial charge in [-0.2, -0.15) is 0 Å². The first kappa shape index (κ1) is 12.4. The predicted octanol–water partition coefficient (Wildman–Crippen LogP) is 2.62. The number of nitrogens with zero attached hydrogens (tertiary/aromatic N) is 1. The Morgan fingerprint density at radius 2 is 1.81 bits per heavy atom. The normalized spacial score (nSPS) is 38.6. The van der Waals surface area contributed by atoms with E-state index in [0.717, 1.165) is 23.9 Å². The van der Waals surface area contributed by atoms with Crippen LogP contribution in [-0.4, -0.2) is 30.1 Å². The van der Waals surface area contributed by atoms with E-state index < -0.39 is 0 Å². The zero-order valence-electron chi connectivity index (χ0n) is 11.2. The van der Waals surface area contributed by atoms with Gasteiger partial charge >= 0.3 is 0 Å². The minimum Gasteiger partial charge on any atom is -0.327 e. The molecule has 2 heterocycles. The molecule has 2 N–H and O–H groups in total. The van der Waals surface area contributed by atoms with Crippen LogP contribution in [0.1, 0.15) is 52.4 Å². The number of hydrogen-bond donors (Lipinski definition) is 1. The lowest BCUT2D eigenvalue weighted by Gasteiger charge is -2.39. The van der Waals surface area contributed by atoms with Crippen molar-refractivity contribution in [3.05, 3.63) is 0 Å². The molecule has 2 bridgehead atoms. The summed E-state index contributed by atoms with van der Waals surface area (Å²) in [5.74, 6) is 1.59. The van der Waals surface area contributed by atoms with Crippen LogP contribution in [0, 0.1) is 11.8 Å². The van der Waals surface area contributed by atoms with Gasteiger partial charge in [0.05, 0.1) is 0 Å². The molecule has 0 aromatic heterocycles. The fourth-order valence-electron chi connectivity index (χ4n) is 3.63. The van der Waals surface area contributed by atoms with Crippen LogP contribution in [0.5, 0.6) is 0 Å². The quantitative estimate of drug-likeness (QED) is 0.795. The summed E-state index contributed by atoms with van der Waals surface area (Å²) in [7, 11) is 2.30. The van der Waals surface area contributed by atoms with E-state index in [1.807, 2.05) is 0 Å². The van der Waals surface area contributed by atoms with Gasteiger partial charge in [-0.25, -0.2) is 0 Å². The van der Waals surface area contributed by atoms with E-state index in [-0.39, 0.29) is 0 Å². The molecule has 0 radical (unpaired) electrons. The second kappa shape index (κ2) is 5.05.